The highest BCUT2D eigenvalue weighted by Gasteiger charge is 2.21. The number of hydrogen-bond acceptors (Lipinski definition) is 3. The quantitative estimate of drug-likeness (QED) is 0.534. The van der Waals surface area contributed by atoms with E-state index in [0.717, 1.165) is 28.2 Å². The number of pyridine rings is 1. The number of rotatable bonds is 2. The molecule has 0 fully saturated rings. The van der Waals surface area contributed by atoms with E-state index in [1.807, 2.05) is 17.8 Å². The summed E-state index contributed by atoms with van der Waals surface area (Å²) in [4.78, 5) is 12.3. The first-order chi connectivity index (χ1) is 12.3. The fourth-order valence-electron chi connectivity index (χ4n) is 2.90. The zero-order valence-corrected chi connectivity index (χ0v) is 16.4. The van der Waals surface area contributed by atoms with Crippen molar-refractivity contribution in [2.24, 2.45) is 7.05 Å². The Labute approximate surface area is 163 Å². The Morgan fingerprint density at radius 3 is 2.52 bits per heavy atom. The highest BCUT2D eigenvalue weighted by Crippen LogP contribution is 2.28. The van der Waals surface area contributed by atoms with E-state index in [4.69, 9.17) is 0 Å². The molecule has 4 aromatic rings. The van der Waals surface area contributed by atoms with Crippen LogP contribution < -0.4 is 0 Å². The van der Waals surface area contributed by atoms with Crippen molar-refractivity contribution in [2.45, 2.75) is 26.2 Å². The Morgan fingerprint density at radius 2 is 1.85 bits per heavy atom. The van der Waals surface area contributed by atoms with Crippen LogP contribution in [0.15, 0.2) is 42.6 Å². The molecule has 0 saturated carbocycles. The summed E-state index contributed by atoms with van der Waals surface area (Å²) in [7, 11) is 1.90. The van der Waals surface area contributed by atoms with Crippen LogP contribution in [-0.4, -0.2) is 24.7 Å². The van der Waals surface area contributed by atoms with Gasteiger partial charge in [0.1, 0.15) is 11.5 Å². The lowest BCUT2D eigenvalue weighted by Gasteiger charge is -2.13. The summed E-state index contributed by atoms with van der Waals surface area (Å²) in [6, 6.07) is 10.5. The van der Waals surface area contributed by atoms with Crippen LogP contribution in [0.25, 0.3) is 33.8 Å². The van der Waals surface area contributed by atoms with E-state index in [-0.39, 0.29) is 23.6 Å². The summed E-state index contributed by atoms with van der Waals surface area (Å²) in [5, 5.41) is 4.60. The monoisotopic (exact) mass is 385 g/mol. The van der Waals surface area contributed by atoms with Gasteiger partial charge in [0.15, 0.2) is 5.82 Å². The number of fused-ring (bicyclic) bond motifs is 1. The van der Waals surface area contributed by atoms with Crippen molar-refractivity contribution in [3.63, 3.8) is 0 Å². The number of nitrogens with zero attached hydrogens (tertiary/aromatic N) is 4. The SMILES string of the molecule is Cl.Cn1nc(C(C)(C)C)cc1-c1nc2cc(-c3ccccc3F)ncc2[nH]1. The van der Waals surface area contributed by atoms with Crippen molar-refractivity contribution in [2.75, 3.05) is 0 Å². The topological polar surface area (TPSA) is 59.4 Å². The van der Waals surface area contributed by atoms with Gasteiger partial charge in [-0.05, 0) is 24.3 Å². The minimum atomic E-state index is -0.295. The van der Waals surface area contributed by atoms with Gasteiger partial charge in [-0.15, -0.1) is 12.4 Å². The van der Waals surface area contributed by atoms with Crippen molar-refractivity contribution in [3.8, 4) is 22.8 Å². The molecule has 0 aliphatic rings. The van der Waals surface area contributed by atoms with Crippen LogP contribution in [0, 0.1) is 5.82 Å². The predicted octanol–water partition coefficient (Wildman–Crippen LogP) is 4.88. The van der Waals surface area contributed by atoms with Gasteiger partial charge in [0.05, 0.1) is 28.6 Å². The van der Waals surface area contributed by atoms with Crippen LogP contribution in [0.5, 0.6) is 0 Å². The second kappa shape index (κ2) is 6.78. The first-order valence-electron chi connectivity index (χ1n) is 8.48. The molecule has 0 aliphatic heterocycles. The van der Waals surface area contributed by atoms with Gasteiger partial charge in [-0.1, -0.05) is 32.9 Å². The first kappa shape index (κ1) is 19.0. The summed E-state index contributed by atoms with van der Waals surface area (Å²) in [6.45, 7) is 6.38. The molecule has 0 unspecified atom stereocenters. The van der Waals surface area contributed by atoms with Gasteiger partial charge in [0, 0.05) is 18.0 Å². The van der Waals surface area contributed by atoms with Crippen molar-refractivity contribution >= 4 is 23.4 Å². The highest BCUT2D eigenvalue weighted by atomic mass is 35.5. The summed E-state index contributed by atoms with van der Waals surface area (Å²) in [5.74, 6) is 0.426. The summed E-state index contributed by atoms with van der Waals surface area (Å²) >= 11 is 0. The van der Waals surface area contributed by atoms with E-state index < -0.39 is 0 Å². The van der Waals surface area contributed by atoms with Gasteiger partial charge >= 0.3 is 0 Å². The van der Waals surface area contributed by atoms with Crippen molar-refractivity contribution in [1.82, 2.24) is 24.7 Å². The minimum absolute atomic E-state index is 0. The summed E-state index contributed by atoms with van der Waals surface area (Å²) < 4.78 is 15.9. The van der Waals surface area contributed by atoms with Crippen LogP contribution in [0.3, 0.4) is 0 Å². The zero-order chi connectivity index (χ0) is 18.5. The Morgan fingerprint density at radius 1 is 1.11 bits per heavy atom. The molecule has 0 spiro atoms. The van der Waals surface area contributed by atoms with E-state index >= 15 is 0 Å². The molecule has 3 heterocycles. The van der Waals surface area contributed by atoms with E-state index in [1.54, 1.807) is 30.5 Å². The second-order valence-corrected chi connectivity index (χ2v) is 7.44. The lowest BCUT2D eigenvalue weighted by Crippen LogP contribution is -2.12. The van der Waals surface area contributed by atoms with Gasteiger partial charge in [-0.25, -0.2) is 9.37 Å². The molecule has 140 valence electrons. The number of halogens is 2. The molecule has 7 heteroatoms. The van der Waals surface area contributed by atoms with E-state index in [9.17, 15) is 4.39 Å². The van der Waals surface area contributed by atoms with Crippen molar-refractivity contribution < 1.29 is 4.39 Å². The van der Waals surface area contributed by atoms with Gasteiger partial charge in [0.25, 0.3) is 0 Å². The molecule has 0 radical (unpaired) electrons. The fourth-order valence-corrected chi connectivity index (χ4v) is 2.90. The van der Waals surface area contributed by atoms with Crippen LogP contribution in [-0.2, 0) is 12.5 Å². The Bertz CT molecular complexity index is 1110. The third kappa shape index (κ3) is 3.45. The maximum absolute atomic E-state index is 14.0. The molecule has 5 nitrogen and oxygen atoms in total. The van der Waals surface area contributed by atoms with Crippen LogP contribution in [0.4, 0.5) is 4.39 Å². The Kier molecular flexibility index (Phi) is 4.78. The smallest absolute Gasteiger partial charge is 0.156 e. The van der Waals surface area contributed by atoms with Gasteiger partial charge in [-0.3, -0.25) is 9.67 Å². The van der Waals surface area contributed by atoms with Crippen molar-refractivity contribution in [3.05, 3.63) is 54.1 Å². The number of aryl methyl sites for hydroxylation is 1. The lowest BCUT2D eigenvalue weighted by atomic mass is 9.92. The van der Waals surface area contributed by atoms with Crippen molar-refractivity contribution in [1.29, 1.82) is 0 Å². The molecule has 0 amide bonds. The van der Waals surface area contributed by atoms with Crippen LogP contribution in [0.2, 0.25) is 0 Å². The standard InChI is InChI=1S/C20H20FN5.ClH/c1-20(2,3)18-10-17(26(4)25-18)19-23-15-9-14(22-11-16(15)24-19)12-7-5-6-8-13(12)21;/h5-11H,1-4H3,(H,23,24);1H. The Balaban J connectivity index is 0.00000210. The molecule has 3 aromatic heterocycles. The second-order valence-electron chi connectivity index (χ2n) is 7.44. The first-order valence-corrected chi connectivity index (χ1v) is 8.48. The number of imidazole rings is 1. The maximum Gasteiger partial charge on any atom is 0.156 e. The molecule has 4 rings (SSSR count). The molecule has 0 atom stereocenters. The number of hydrogen-bond donors (Lipinski definition) is 1. The largest absolute Gasteiger partial charge is 0.335 e. The van der Waals surface area contributed by atoms with Gasteiger partial charge < -0.3 is 4.98 Å². The lowest BCUT2D eigenvalue weighted by molar-refractivity contribution is 0.553. The zero-order valence-electron chi connectivity index (χ0n) is 15.6. The van der Waals surface area contributed by atoms with E-state index in [0.29, 0.717) is 11.3 Å². The summed E-state index contributed by atoms with van der Waals surface area (Å²) in [5.41, 5.74) is 4.44. The minimum Gasteiger partial charge on any atom is -0.335 e. The number of benzene rings is 1. The number of H-pyrrole nitrogens is 1. The molecule has 0 bridgehead atoms. The molecular formula is C20H21ClFN5. The van der Waals surface area contributed by atoms with E-state index in [1.165, 1.54) is 6.07 Å². The van der Waals surface area contributed by atoms with Gasteiger partial charge in [0.2, 0.25) is 0 Å². The van der Waals surface area contributed by atoms with Crippen LogP contribution in [0.1, 0.15) is 26.5 Å². The highest BCUT2D eigenvalue weighted by molar-refractivity contribution is 5.85. The maximum atomic E-state index is 14.0. The molecule has 0 aliphatic carbocycles. The third-order valence-electron chi connectivity index (χ3n) is 4.41. The predicted molar refractivity (Wildman–Crippen MR) is 107 cm³/mol. The average Bonchev–Trinajstić information content (AvgIpc) is 3.17. The van der Waals surface area contributed by atoms with Gasteiger partial charge in [-0.2, -0.15) is 5.10 Å². The number of aromatic nitrogens is 5. The fraction of sp³-hybridized carbons (Fsp3) is 0.250. The number of aromatic amines is 1. The van der Waals surface area contributed by atoms with E-state index in [2.05, 4.69) is 40.8 Å². The molecule has 1 aromatic carbocycles. The summed E-state index contributed by atoms with van der Waals surface area (Å²) in [6.07, 6.45) is 1.69. The normalized spacial score (nSPS) is 11.6. The molecule has 27 heavy (non-hydrogen) atoms. The Hall–Kier alpha value is -2.73. The number of nitrogens with one attached hydrogen (secondary N) is 1. The molecule has 1 N–H and O–H groups in total. The molecular weight excluding hydrogens is 365 g/mol. The average molecular weight is 386 g/mol. The third-order valence-corrected chi connectivity index (χ3v) is 4.41. The molecule has 0 saturated heterocycles. The van der Waals surface area contributed by atoms with Crippen LogP contribution >= 0.6 is 12.4 Å².